The maximum atomic E-state index is 13.1. The fraction of sp³-hybridized carbons (Fsp3) is 0.286. The standard InChI is InChI=1S/C21H23N3O6S/c1-14-3-4-18(29-2)19(11-14)31(27,28)22-16-12-15-5-10-30-20(15)17(13-16)23-6-8-24(9-7-23)21(25)26/h3-5,10-13,22H,6-9H2,1-2H3,(H,25,26). The van der Waals surface area contributed by atoms with Crippen LogP contribution in [0.4, 0.5) is 16.2 Å². The van der Waals surface area contributed by atoms with Crippen LogP contribution < -0.4 is 14.4 Å². The summed E-state index contributed by atoms with van der Waals surface area (Å²) in [5.41, 5.74) is 2.51. The maximum absolute atomic E-state index is 13.1. The van der Waals surface area contributed by atoms with Crippen LogP contribution in [-0.2, 0) is 10.0 Å². The van der Waals surface area contributed by atoms with Gasteiger partial charge in [-0.25, -0.2) is 13.2 Å². The van der Waals surface area contributed by atoms with Gasteiger partial charge in [0.15, 0.2) is 5.58 Å². The van der Waals surface area contributed by atoms with Crippen LogP contribution in [-0.4, -0.2) is 57.8 Å². The van der Waals surface area contributed by atoms with Crippen molar-refractivity contribution in [2.24, 2.45) is 0 Å². The number of nitrogens with zero attached hydrogens (tertiary/aromatic N) is 2. The van der Waals surface area contributed by atoms with Crippen LogP contribution >= 0.6 is 0 Å². The molecule has 0 atom stereocenters. The second kappa shape index (κ2) is 8.03. The molecule has 1 aliphatic rings. The Labute approximate surface area is 179 Å². The van der Waals surface area contributed by atoms with Crippen molar-refractivity contribution in [3.63, 3.8) is 0 Å². The van der Waals surface area contributed by atoms with Crippen molar-refractivity contribution in [3.05, 3.63) is 48.2 Å². The Balaban J connectivity index is 1.68. The number of fused-ring (bicyclic) bond motifs is 1. The number of hydrogen-bond acceptors (Lipinski definition) is 6. The van der Waals surface area contributed by atoms with Gasteiger partial charge in [0.05, 0.1) is 24.7 Å². The highest BCUT2D eigenvalue weighted by atomic mass is 32.2. The number of piperazine rings is 1. The number of sulfonamides is 1. The van der Waals surface area contributed by atoms with Crippen LogP contribution in [0.3, 0.4) is 0 Å². The van der Waals surface area contributed by atoms with Gasteiger partial charge in [-0.2, -0.15) is 0 Å². The molecule has 0 aliphatic carbocycles. The summed E-state index contributed by atoms with van der Waals surface area (Å²) in [6, 6.07) is 10.1. The predicted molar refractivity (Wildman–Crippen MR) is 117 cm³/mol. The average molecular weight is 445 g/mol. The van der Waals surface area contributed by atoms with E-state index < -0.39 is 16.1 Å². The molecule has 0 radical (unpaired) electrons. The normalized spacial score (nSPS) is 14.6. The highest BCUT2D eigenvalue weighted by Gasteiger charge is 2.25. The van der Waals surface area contributed by atoms with E-state index in [1.54, 1.807) is 42.7 Å². The Morgan fingerprint density at radius 1 is 1.13 bits per heavy atom. The van der Waals surface area contributed by atoms with Crippen molar-refractivity contribution in [1.29, 1.82) is 0 Å². The summed E-state index contributed by atoms with van der Waals surface area (Å²) in [7, 11) is -2.48. The minimum atomic E-state index is -3.91. The van der Waals surface area contributed by atoms with E-state index in [0.717, 1.165) is 10.9 Å². The van der Waals surface area contributed by atoms with Crippen LogP contribution in [0.1, 0.15) is 5.56 Å². The number of aryl methyl sites for hydroxylation is 1. The molecule has 2 heterocycles. The number of furan rings is 1. The second-order valence-electron chi connectivity index (χ2n) is 7.35. The van der Waals surface area contributed by atoms with E-state index in [9.17, 15) is 18.3 Å². The largest absolute Gasteiger partial charge is 0.495 e. The van der Waals surface area contributed by atoms with E-state index in [0.29, 0.717) is 43.1 Å². The first-order valence-electron chi connectivity index (χ1n) is 9.70. The molecule has 0 saturated carbocycles. The number of hydrogen-bond donors (Lipinski definition) is 2. The van der Waals surface area contributed by atoms with Crippen molar-refractivity contribution in [3.8, 4) is 5.75 Å². The van der Waals surface area contributed by atoms with Gasteiger partial charge in [-0.15, -0.1) is 0 Å². The SMILES string of the molecule is COc1ccc(C)cc1S(=O)(=O)Nc1cc(N2CCN(C(=O)O)CC2)c2occc2c1. The first kappa shape index (κ1) is 20.9. The van der Waals surface area contributed by atoms with Gasteiger partial charge >= 0.3 is 6.09 Å². The van der Waals surface area contributed by atoms with Crippen molar-refractivity contribution >= 4 is 38.5 Å². The third kappa shape index (κ3) is 4.11. The fourth-order valence-corrected chi connectivity index (χ4v) is 4.99. The number of anilines is 2. The molecular formula is C21H23N3O6S. The van der Waals surface area contributed by atoms with E-state index in [1.165, 1.54) is 12.0 Å². The average Bonchev–Trinajstić information content (AvgIpc) is 3.21. The molecule has 2 N–H and O–H groups in total. The number of carbonyl (C=O) groups is 1. The summed E-state index contributed by atoms with van der Waals surface area (Å²) in [5.74, 6) is 0.257. The van der Waals surface area contributed by atoms with Gasteiger partial charge in [-0.3, -0.25) is 4.72 Å². The Morgan fingerprint density at radius 2 is 1.87 bits per heavy atom. The zero-order valence-corrected chi connectivity index (χ0v) is 18.0. The highest BCUT2D eigenvalue weighted by Crippen LogP contribution is 2.34. The molecule has 3 aromatic rings. The van der Waals surface area contributed by atoms with Gasteiger partial charge in [-0.1, -0.05) is 6.07 Å². The number of rotatable bonds is 5. The third-order valence-electron chi connectivity index (χ3n) is 5.28. The van der Waals surface area contributed by atoms with Crippen LogP contribution in [0.5, 0.6) is 5.75 Å². The first-order valence-corrected chi connectivity index (χ1v) is 11.2. The van der Waals surface area contributed by atoms with Gasteiger partial charge in [0, 0.05) is 31.6 Å². The summed E-state index contributed by atoms with van der Waals surface area (Å²) in [6.07, 6.45) is 0.597. The molecule has 1 aromatic heterocycles. The lowest BCUT2D eigenvalue weighted by atomic mass is 10.1. The van der Waals surface area contributed by atoms with Gasteiger partial charge in [0.2, 0.25) is 0 Å². The zero-order valence-electron chi connectivity index (χ0n) is 17.2. The summed E-state index contributed by atoms with van der Waals surface area (Å²) < 4.78 is 39.7. The monoisotopic (exact) mass is 445 g/mol. The van der Waals surface area contributed by atoms with Gasteiger partial charge in [0.25, 0.3) is 10.0 Å². The molecule has 0 spiro atoms. The molecule has 2 aromatic carbocycles. The second-order valence-corrected chi connectivity index (χ2v) is 9.00. The van der Waals surface area contributed by atoms with E-state index in [2.05, 4.69) is 4.72 Å². The third-order valence-corrected chi connectivity index (χ3v) is 6.69. The summed E-state index contributed by atoms with van der Waals surface area (Å²) >= 11 is 0. The minimum absolute atomic E-state index is 0.0545. The molecule has 10 heteroatoms. The zero-order chi connectivity index (χ0) is 22.2. The minimum Gasteiger partial charge on any atom is -0.495 e. The number of amides is 1. The predicted octanol–water partition coefficient (Wildman–Crippen LogP) is 3.35. The number of carboxylic acid groups (broad SMARTS) is 1. The number of methoxy groups -OCH3 is 1. The summed E-state index contributed by atoms with van der Waals surface area (Å²) in [4.78, 5) is 14.6. The smallest absolute Gasteiger partial charge is 0.407 e. The molecule has 9 nitrogen and oxygen atoms in total. The Kier molecular flexibility index (Phi) is 5.40. The van der Waals surface area contributed by atoms with Crippen LogP contribution in [0, 0.1) is 6.92 Å². The Hall–Kier alpha value is -3.40. The molecule has 1 aliphatic heterocycles. The van der Waals surface area contributed by atoms with Crippen LogP contribution in [0.25, 0.3) is 11.0 Å². The van der Waals surface area contributed by atoms with Gasteiger partial charge in [0.1, 0.15) is 10.6 Å². The summed E-state index contributed by atoms with van der Waals surface area (Å²) in [5, 5.41) is 9.92. The van der Waals surface area contributed by atoms with E-state index in [4.69, 9.17) is 9.15 Å². The number of ether oxygens (including phenoxy) is 1. The van der Waals surface area contributed by atoms with E-state index in [1.807, 2.05) is 11.8 Å². The van der Waals surface area contributed by atoms with E-state index >= 15 is 0 Å². The molecule has 1 amide bonds. The van der Waals surface area contributed by atoms with Gasteiger partial charge < -0.3 is 24.1 Å². The molecule has 1 fully saturated rings. The molecule has 164 valence electrons. The lowest BCUT2D eigenvalue weighted by Gasteiger charge is -2.34. The maximum Gasteiger partial charge on any atom is 0.407 e. The molecule has 31 heavy (non-hydrogen) atoms. The lowest BCUT2D eigenvalue weighted by molar-refractivity contribution is 0.142. The van der Waals surface area contributed by atoms with E-state index in [-0.39, 0.29) is 10.6 Å². The highest BCUT2D eigenvalue weighted by molar-refractivity contribution is 7.92. The molecule has 0 unspecified atom stereocenters. The van der Waals surface area contributed by atoms with Gasteiger partial charge in [-0.05, 0) is 42.8 Å². The molecule has 1 saturated heterocycles. The van der Waals surface area contributed by atoms with Crippen LogP contribution in [0.2, 0.25) is 0 Å². The van der Waals surface area contributed by atoms with Crippen molar-refractivity contribution < 1.29 is 27.5 Å². The van der Waals surface area contributed by atoms with Crippen molar-refractivity contribution in [2.75, 3.05) is 42.9 Å². The van der Waals surface area contributed by atoms with Crippen LogP contribution in [0.15, 0.2) is 52.0 Å². The topological polar surface area (TPSA) is 112 Å². The molecule has 4 rings (SSSR count). The Morgan fingerprint density at radius 3 is 2.55 bits per heavy atom. The number of benzene rings is 2. The number of nitrogens with one attached hydrogen (secondary N) is 1. The lowest BCUT2D eigenvalue weighted by Crippen LogP contribution is -2.48. The van der Waals surface area contributed by atoms with Crippen molar-refractivity contribution in [2.45, 2.75) is 11.8 Å². The first-order chi connectivity index (χ1) is 14.8. The molecule has 0 bridgehead atoms. The summed E-state index contributed by atoms with van der Waals surface area (Å²) in [6.45, 7) is 3.47. The Bertz CT molecular complexity index is 1230. The fourth-order valence-electron chi connectivity index (χ4n) is 3.70. The quantitative estimate of drug-likeness (QED) is 0.619. The van der Waals surface area contributed by atoms with Crippen molar-refractivity contribution in [1.82, 2.24) is 4.90 Å². The molecular weight excluding hydrogens is 422 g/mol.